The predicted molar refractivity (Wildman–Crippen MR) is 100 cm³/mol. The lowest BCUT2D eigenvalue weighted by Gasteiger charge is -2.23. The molecule has 0 spiro atoms. The second-order valence-corrected chi connectivity index (χ2v) is 5.54. The minimum atomic E-state index is 0. The molecule has 0 aliphatic heterocycles. The Morgan fingerprint density at radius 3 is 2.13 bits per heavy atom. The molecular weight excluding hydrogens is 306 g/mol. The number of aryl methyl sites for hydroxylation is 1. The summed E-state index contributed by atoms with van der Waals surface area (Å²) < 4.78 is 6.29. The van der Waals surface area contributed by atoms with Gasteiger partial charge < -0.3 is 9.64 Å². The molecule has 2 rings (SSSR count). The summed E-state index contributed by atoms with van der Waals surface area (Å²) in [6.07, 6.45) is 0.0120. The van der Waals surface area contributed by atoms with Crippen molar-refractivity contribution in [3.05, 3.63) is 71.3 Å². The molecule has 0 amide bonds. The molecule has 0 heterocycles. The fourth-order valence-corrected chi connectivity index (χ4v) is 2.71. The molecule has 3 heteroatoms. The third kappa shape index (κ3) is 5.65. The fourth-order valence-electron chi connectivity index (χ4n) is 2.71. The van der Waals surface area contributed by atoms with E-state index in [0.29, 0.717) is 0 Å². The Kier molecular flexibility index (Phi) is 8.93. The number of benzene rings is 2. The normalized spacial score (nSPS) is 12.0. The van der Waals surface area contributed by atoms with E-state index < -0.39 is 0 Å². The molecule has 126 valence electrons. The number of halogens is 1. The van der Waals surface area contributed by atoms with Crippen molar-refractivity contribution >= 4 is 12.4 Å². The van der Waals surface area contributed by atoms with E-state index in [1.165, 1.54) is 16.7 Å². The van der Waals surface area contributed by atoms with E-state index in [2.05, 4.69) is 74.2 Å². The third-order valence-electron chi connectivity index (χ3n) is 4.16. The Balaban J connectivity index is 0.00000264. The van der Waals surface area contributed by atoms with Crippen LogP contribution >= 0.6 is 12.4 Å². The molecule has 0 fully saturated rings. The van der Waals surface area contributed by atoms with Crippen LogP contribution in [0.1, 0.15) is 36.6 Å². The molecule has 0 aromatic heterocycles. The van der Waals surface area contributed by atoms with Gasteiger partial charge in [0.05, 0.1) is 6.61 Å². The highest BCUT2D eigenvalue weighted by atomic mass is 35.5. The van der Waals surface area contributed by atoms with Crippen molar-refractivity contribution in [1.29, 1.82) is 0 Å². The first-order chi connectivity index (χ1) is 10.8. The van der Waals surface area contributed by atoms with Crippen LogP contribution < -0.4 is 0 Å². The summed E-state index contributed by atoms with van der Waals surface area (Å²) in [5.74, 6) is 0. The van der Waals surface area contributed by atoms with E-state index in [1.807, 2.05) is 6.07 Å². The van der Waals surface area contributed by atoms with Crippen molar-refractivity contribution in [3.8, 4) is 0 Å². The smallest absolute Gasteiger partial charge is 0.108 e. The molecular formula is C20H28ClNO. The van der Waals surface area contributed by atoms with Gasteiger partial charge in [-0.15, -0.1) is 12.4 Å². The summed E-state index contributed by atoms with van der Waals surface area (Å²) in [6, 6.07) is 19.0. The standard InChI is InChI=1S/C20H27NO.ClH/c1-4-21(5-2)15-16-22-20(18-12-7-6-8-13-18)19-14-10-9-11-17(19)3;/h6-14,20H,4-5,15-16H2,1-3H3;1H. The molecule has 0 N–H and O–H groups in total. The zero-order valence-electron chi connectivity index (χ0n) is 14.4. The fraction of sp³-hybridized carbons (Fsp3) is 0.400. The lowest BCUT2D eigenvalue weighted by Crippen LogP contribution is -2.27. The van der Waals surface area contributed by atoms with Crippen LogP contribution in [-0.2, 0) is 4.74 Å². The van der Waals surface area contributed by atoms with Gasteiger partial charge in [0, 0.05) is 6.54 Å². The van der Waals surface area contributed by atoms with Crippen molar-refractivity contribution in [2.45, 2.75) is 26.9 Å². The van der Waals surface area contributed by atoms with Crippen molar-refractivity contribution in [3.63, 3.8) is 0 Å². The molecule has 0 aliphatic rings. The number of rotatable bonds is 8. The van der Waals surface area contributed by atoms with Crippen molar-refractivity contribution in [1.82, 2.24) is 4.90 Å². The third-order valence-corrected chi connectivity index (χ3v) is 4.16. The largest absolute Gasteiger partial charge is 0.367 e. The number of hydrogen-bond donors (Lipinski definition) is 0. The van der Waals surface area contributed by atoms with Gasteiger partial charge in [-0.05, 0) is 36.7 Å². The Bertz CT molecular complexity index is 555. The molecule has 2 nitrogen and oxygen atoms in total. The van der Waals surface area contributed by atoms with E-state index in [1.54, 1.807) is 0 Å². The lowest BCUT2D eigenvalue weighted by atomic mass is 9.97. The average Bonchev–Trinajstić information content (AvgIpc) is 2.57. The second kappa shape index (κ2) is 10.4. The second-order valence-electron chi connectivity index (χ2n) is 5.54. The molecule has 0 saturated carbocycles. The van der Waals surface area contributed by atoms with Gasteiger partial charge in [-0.2, -0.15) is 0 Å². The monoisotopic (exact) mass is 333 g/mol. The average molecular weight is 334 g/mol. The highest BCUT2D eigenvalue weighted by Gasteiger charge is 2.16. The minimum absolute atomic E-state index is 0. The first-order valence-electron chi connectivity index (χ1n) is 8.20. The quantitative estimate of drug-likeness (QED) is 0.683. The summed E-state index contributed by atoms with van der Waals surface area (Å²) in [4.78, 5) is 2.39. The van der Waals surface area contributed by atoms with E-state index in [9.17, 15) is 0 Å². The van der Waals surface area contributed by atoms with Crippen LogP contribution in [0.15, 0.2) is 54.6 Å². The van der Waals surface area contributed by atoms with Gasteiger partial charge >= 0.3 is 0 Å². The summed E-state index contributed by atoms with van der Waals surface area (Å²) in [6.45, 7) is 10.4. The molecule has 23 heavy (non-hydrogen) atoms. The summed E-state index contributed by atoms with van der Waals surface area (Å²) in [5, 5.41) is 0. The summed E-state index contributed by atoms with van der Waals surface area (Å²) >= 11 is 0. The van der Waals surface area contributed by atoms with Gasteiger partial charge in [0.15, 0.2) is 0 Å². The zero-order valence-corrected chi connectivity index (χ0v) is 15.2. The van der Waals surface area contributed by atoms with E-state index in [-0.39, 0.29) is 18.5 Å². The molecule has 0 aliphatic carbocycles. The minimum Gasteiger partial charge on any atom is -0.367 e. The van der Waals surface area contributed by atoms with E-state index in [4.69, 9.17) is 4.74 Å². The number of hydrogen-bond acceptors (Lipinski definition) is 2. The van der Waals surface area contributed by atoms with Gasteiger partial charge in [0.2, 0.25) is 0 Å². The molecule has 0 saturated heterocycles. The van der Waals surface area contributed by atoms with Crippen molar-refractivity contribution in [2.24, 2.45) is 0 Å². The molecule has 2 aromatic rings. The predicted octanol–water partition coefficient (Wildman–Crippen LogP) is 4.86. The van der Waals surface area contributed by atoms with Crippen LogP contribution in [-0.4, -0.2) is 31.1 Å². The Morgan fingerprint density at radius 1 is 0.913 bits per heavy atom. The van der Waals surface area contributed by atoms with Gasteiger partial charge in [0.25, 0.3) is 0 Å². The van der Waals surface area contributed by atoms with Crippen LogP contribution in [0.3, 0.4) is 0 Å². The highest BCUT2D eigenvalue weighted by Crippen LogP contribution is 2.28. The van der Waals surface area contributed by atoms with Gasteiger partial charge in [-0.1, -0.05) is 68.4 Å². The number of likely N-dealkylation sites (N-methyl/N-ethyl adjacent to an activating group) is 1. The molecule has 0 bridgehead atoms. The van der Waals surface area contributed by atoms with Gasteiger partial charge in [-0.3, -0.25) is 0 Å². The van der Waals surface area contributed by atoms with Crippen molar-refractivity contribution < 1.29 is 4.74 Å². The Morgan fingerprint density at radius 2 is 1.52 bits per heavy atom. The molecule has 2 aromatic carbocycles. The molecule has 0 radical (unpaired) electrons. The van der Waals surface area contributed by atoms with Gasteiger partial charge in [0.1, 0.15) is 6.10 Å². The van der Waals surface area contributed by atoms with Crippen molar-refractivity contribution in [2.75, 3.05) is 26.2 Å². The molecule has 1 atom stereocenters. The number of nitrogens with zero attached hydrogens (tertiary/aromatic N) is 1. The first-order valence-corrected chi connectivity index (χ1v) is 8.20. The van der Waals surface area contributed by atoms with Gasteiger partial charge in [-0.25, -0.2) is 0 Å². The maximum Gasteiger partial charge on any atom is 0.108 e. The summed E-state index contributed by atoms with van der Waals surface area (Å²) in [7, 11) is 0. The maximum atomic E-state index is 6.29. The summed E-state index contributed by atoms with van der Waals surface area (Å²) in [5.41, 5.74) is 3.75. The number of ether oxygens (including phenoxy) is 1. The van der Waals surface area contributed by atoms with E-state index >= 15 is 0 Å². The maximum absolute atomic E-state index is 6.29. The topological polar surface area (TPSA) is 12.5 Å². The van der Waals surface area contributed by atoms with Crippen LogP contribution in [0.25, 0.3) is 0 Å². The van der Waals surface area contributed by atoms with E-state index in [0.717, 1.165) is 26.2 Å². The Labute approximate surface area is 146 Å². The molecule has 1 unspecified atom stereocenters. The highest BCUT2D eigenvalue weighted by molar-refractivity contribution is 5.85. The van der Waals surface area contributed by atoms with Crippen LogP contribution in [0.4, 0.5) is 0 Å². The Hall–Kier alpha value is -1.35. The van der Waals surface area contributed by atoms with Crippen LogP contribution in [0.5, 0.6) is 0 Å². The SMILES string of the molecule is CCN(CC)CCOC(c1ccccc1)c1ccccc1C.Cl. The van der Waals surface area contributed by atoms with Crippen LogP contribution in [0.2, 0.25) is 0 Å². The first kappa shape index (κ1) is 19.7. The lowest BCUT2D eigenvalue weighted by molar-refractivity contribution is 0.0615. The zero-order chi connectivity index (χ0) is 15.8. The van der Waals surface area contributed by atoms with Crippen LogP contribution in [0, 0.1) is 6.92 Å².